The van der Waals surface area contributed by atoms with Gasteiger partial charge in [0.1, 0.15) is 17.5 Å². The molecule has 0 amide bonds. The Balaban J connectivity index is 2.01. The highest BCUT2D eigenvalue weighted by molar-refractivity contribution is 7.98. The number of aromatic nitrogens is 5. The zero-order valence-corrected chi connectivity index (χ0v) is 12.2. The van der Waals surface area contributed by atoms with E-state index in [0.29, 0.717) is 5.75 Å². The first kappa shape index (κ1) is 13.8. The number of aryl methyl sites for hydroxylation is 2. The van der Waals surface area contributed by atoms with Crippen LogP contribution in [0.3, 0.4) is 0 Å². The average molecular weight is 278 g/mol. The molecule has 2 rings (SSSR count). The van der Waals surface area contributed by atoms with Crippen molar-refractivity contribution in [3.8, 4) is 0 Å². The summed E-state index contributed by atoms with van der Waals surface area (Å²) >= 11 is 1.53. The van der Waals surface area contributed by atoms with Crippen LogP contribution in [-0.2, 0) is 5.75 Å². The number of thioether (sulfide) groups is 1. The molecule has 2 heterocycles. The minimum absolute atomic E-state index is 0.666. The second-order valence-electron chi connectivity index (χ2n) is 4.23. The van der Waals surface area contributed by atoms with E-state index in [9.17, 15) is 0 Å². The summed E-state index contributed by atoms with van der Waals surface area (Å²) in [5.74, 6) is 3.17. The molecule has 0 aromatic carbocycles. The van der Waals surface area contributed by atoms with Crippen LogP contribution >= 0.6 is 11.8 Å². The number of nitrogens with zero attached hydrogens (tertiary/aromatic N) is 4. The maximum absolute atomic E-state index is 4.48. The van der Waals surface area contributed by atoms with Gasteiger partial charge in [0.2, 0.25) is 5.16 Å². The molecule has 0 aliphatic carbocycles. The smallest absolute Gasteiger partial charge is 0.208 e. The van der Waals surface area contributed by atoms with Gasteiger partial charge in [0, 0.05) is 18.3 Å². The highest BCUT2D eigenvalue weighted by atomic mass is 32.2. The summed E-state index contributed by atoms with van der Waals surface area (Å²) in [6, 6.07) is 1.96. The van der Waals surface area contributed by atoms with Gasteiger partial charge in [0.25, 0.3) is 0 Å². The average Bonchev–Trinajstić information content (AvgIpc) is 2.79. The number of aromatic amines is 1. The Morgan fingerprint density at radius 2 is 2.11 bits per heavy atom. The lowest BCUT2D eigenvalue weighted by Crippen LogP contribution is -2.05. The van der Waals surface area contributed by atoms with Crippen LogP contribution in [0.15, 0.2) is 11.2 Å². The third-order valence-corrected chi connectivity index (χ3v) is 3.21. The summed E-state index contributed by atoms with van der Waals surface area (Å²) in [5, 5.41) is 10.9. The molecule has 0 radical (unpaired) electrons. The molecule has 0 spiro atoms. The third kappa shape index (κ3) is 4.20. The molecule has 0 atom stereocenters. The zero-order valence-electron chi connectivity index (χ0n) is 11.4. The van der Waals surface area contributed by atoms with Gasteiger partial charge in [-0.1, -0.05) is 18.7 Å². The molecule has 0 saturated carbocycles. The van der Waals surface area contributed by atoms with Crippen LogP contribution in [0.4, 0.5) is 5.82 Å². The second-order valence-corrected chi connectivity index (χ2v) is 5.17. The van der Waals surface area contributed by atoms with E-state index in [1.165, 1.54) is 11.8 Å². The molecule has 19 heavy (non-hydrogen) atoms. The van der Waals surface area contributed by atoms with Gasteiger partial charge in [-0.2, -0.15) is 0 Å². The molecule has 0 aliphatic heterocycles. The highest BCUT2D eigenvalue weighted by Crippen LogP contribution is 2.18. The maximum Gasteiger partial charge on any atom is 0.208 e. The molecular formula is C12H18N6S. The lowest BCUT2D eigenvalue weighted by atomic mass is 10.4. The number of hydrogen-bond acceptors (Lipinski definition) is 6. The van der Waals surface area contributed by atoms with E-state index in [0.717, 1.165) is 41.3 Å². The van der Waals surface area contributed by atoms with Gasteiger partial charge in [-0.25, -0.2) is 15.0 Å². The zero-order chi connectivity index (χ0) is 13.7. The molecule has 7 heteroatoms. The van der Waals surface area contributed by atoms with Crippen LogP contribution < -0.4 is 5.32 Å². The van der Waals surface area contributed by atoms with Crippen molar-refractivity contribution in [3.63, 3.8) is 0 Å². The number of anilines is 1. The van der Waals surface area contributed by atoms with Crippen LogP contribution in [0.1, 0.15) is 30.7 Å². The van der Waals surface area contributed by atoms with E-state index in [-0.39, 0.29) is 0 Å². The number of H-pyrrole nitrogens is 1. The van der Waals surface area contributed by atoms with Crippen LogP contribution in [0.5, 0.6) is 0 Å². The fourth-order valence-electron chi connectivity index (χ4n) is 1.55. The van der Waals surface area contributed by atoms with Crippen LogP contribution in [0, 0.1) is 13.8 Å². The van der Waals surface area contributed by atoms with E-state index in [1.807, 2.05) is 19.9 Å². The van der Waals surface area contributed by atoms with Crippen molar-refractivity contribution in [1.82, 2.24) is 25.1 Å². The molecule has 2 N–H and O–H groups in total. The lowest BCUT2D eigenvalue weighted by molar-refractivity contribution is 0.935. The Morgan fingerprint density at radius 1 is 1.26 bits per heavy atom. The number of nitrogens with one attached hydrogen (secondary N) is 2. The Morgan fingerprint density at radius 3 is 2.79 bits per heavy atom. The van der Waals surface area contributed by atoms with Gasteiger partial charge < -0.3 is 5.32 Å². The van der Waals surface area contributed by atoms with Crippen molar-refractivity contribution in [1.29, 1.82) is 0 Å². The van der Waals surface area contributed by atoms with Crippen molar-refractivity contribution < 1.29 is 0 Å². The van der Waals surface area contributed by atoms with E-state index >= 15 is 0 Å². The van der Waals surface area contributed by atoms with E-state index < -0.39 is 0 Å². The topological polar surface area (TPSA) is 79.4 Å². The molecule has 0 aliphatic rings. The fourth-order valence-corrected chi connectivity index (χ4v) is 2.25. The SMILES string of the molecule is CCCNc1cc(C)nc(CSc2n[nH]c(C)n2)n1. The summed E-state index contributed by atoms with van der Waals surface area (Å²) in [7, 11) is 0. The minimum Gasteiger partial charge on any atom is -0.370 e. The van der Waals surface area contributed by atoms with E-state index in [2.05, 4.69) is 37.4 Å². The van der Waals surface area contributed by atoms with Crippen molar-refractivity contribution in [2.45, 2.75) is 38.1 Å². The van der Waals surface area contributed by atoms with Crippen molar-refractivity contribution >= 4 is 17.6 Å². The fraction of sp³-hybridized carbons (Fsp3) is 0.500. The van der Waals surface area contributed by atoms with Gasteiger partial charge >= 0.3 is 0 Å². The van der Waals surface area contributed by atoms with Crippen LogP contribution in [-0.4, -0.2) is 31.7 Å². The van der Waals surface area contributed by atoms with E-state index in [4.69, 9.17) is 0 Å². The molecule has 0 bridgehead atoms. The number of rotatable bonds is 6. The summed E-state index contributed by atoms with van der Waals surface area (Å²) in [4.78, 5) is 13.2. The normalized spacial score (nSPS) is 10.7. The number of hydrogen-bond donors (Lipinski definition) is 2. The van der Waals surface area contributed by atoms with Crippen molar-refractivity contribution in [2.24, 2.45) is 0 Å². The van der Waals surface area contributed by atoms with Crippen LogP contribution in [0.25, 0.3) is 0 Å². The second kappa shape index (κ2) is 6.51. The van der Waals surface area contributed by atoms with Gasteiger partial charge in [-0.15, -0.1) is 5.10 Å². The highest BCUT2D eigenvalue weighted by Gasteiger charge is 2.06. The van der Waals surface area contributed by atoms with E-state index in [1.54, 1.807) is 0 Å². The summed E-state index contributed by atoms with van der Waals surface area (Å²) < 4.78 is 0. The molecule has 0 unspecified atom stereocenters. The Bertz CT molecular complexity index is 539. The maximum atomic E-state index is 4.48. The molecule has 0 saturated heterocycles. The molecule has 2 aromatic rings. The summed E-state index contributed by atoms with van der Waals surface area (Å²) in [5.41, 5.74) is 0.968. The predicted octanol–water partition coefficient (Wildman–Crippen LogP) is 2.33. The quantitative estimate of drug-likeness (QED) is 0.789. The van der Waals surface area contributed by atoms with Crippen molar-refractivity contribution in [2.75, 3.05) is 11.9 Å². The van der Waals surface area contributed by atoms with Gasteiger partial charge in [0.15, 0.2) is 0 Å². The summed E-state index contributed by atoms with van der Waals surface area (Å²) in [6.07, 6.45) is 1.07. The first-order valence-corrected chi connectivity index (χ1v) is 7.26. The Labute approximate surface area is 116 Å². The Hall–Kier alpha value is -1.63. The largest absolute Gasteiger partial charge is 0.370 e. The molecule has 2 aromatic heterocycles. The molecule has 6 nitrogen and oxygen atoms in total. The minimum atomic E-state index is 0.666. The molecule has 102 valence electrons. The first-order chi connectivity index (χ1) is 9.17. The third-order valence-electron chi connectivity index (χ3n) is 2.36. The predicted molar refractivity (Wildman–Crippen MR) is 76.2 cm³/mol. The first-order valence-electron chi connectivity index (χ1n) is 6.27. The molecule has 0 fully saturated rings. The Kier molecular flexibility index (Phi) is 4.73. The molecular weight excluding hydrogens is 260 g/mol. The summed E-state index contributed by atoms with van der Waals surface area (Å²) in [6.45, 7) is 6.91. The van der Waals surface area contributed by atoms with Gasteiger partial charge in [-0.05, 0) is 20.3 Å². The van der Waals surface area contributed by atoms with Gasteiger partial charge in [-0.3, -0.25) is 5.10 Å². The van der Waals surface area contributed by atoms with Crippen molar-refractivity contribution in [3.05, 3.63) is 23.4 Å². The monoisotopic (exact) mass is 278 g/mol. The van der Waals surface area contributed by atoms with Gasteiger partial charge in [0.05, 0.1) is 5.75 Å². The lowest BCUT2D eigenvalue weighted by Gasteiger charge is -2.06. The standard InChI is InChI=1S/C12H18N6S/c1-4-5-13-10-6-8(2)14-11(16-10)7-19-12-15-9(3)17-18-12/h6H,4-5,7H2,1-3H3,(H,13,14,16)(H,15,17,18). The van der Waals surface area contributed by atoms with Crippen LogP contribution in [0.2, 0.25) is 0 Å².